The van der Waals surface area contributed by atoms with Crippen LogP contribution in [0.15, 0.2) is 24.3 Å². The molecule has 1 aromatic carbocycles. The van der Waals surface area contributed by atoms with E-state index in [-0.39, 0.29) is 23.8 Å². The molecule has 0 radical (unpaired) electrons. The fourth-order valence-electron chi connectivity index (χ4n) is 2.41. The standard InChI is InChI=1S/C13H18ClNO4S2/c1-11-9-20(16,17)7-6-15(11)21(18,19)10-13-4-2-12(8-14)3-5-13/h2-5,11H,6-10H2,1H3. The van der Waals surface area contributed by atoms with Gasteiger partial charge in [-0.1, -0.05) is 24.3 Å². The van der Waals surface area contributed by atoms with E-state index in [2.05, 4.69) is 0 Å². The van der Waals surface area contributed by atoms with E-state index in [0.29, 0.717) is 11.4 Å². The van der Waals surface area contributed by atoms with E-state index in [0.717, 1.165) is 5.56 Å². The number of hydrogen-bond donors (Lipinski definition) is 0. The van der Waals surface area contributed by atoms with E-state index in [9.17, 15) is 16.8 Å². The highest BCUT2D eigenvalue weighted by Crippen LogP contribution is 2.19. The minimum Gasteiger partial charge on any atom is -0.229 e. The average Bonchev–Trinajstić information content (AvgIpc) is 2.37. The van der Waals surface area contributed by atoms with Crippen LogP contribution in [0.3, 0.4) is 0 Å². The van der Waals surface area contributed by atoms with Crippen LogP contribution in [0.25, 0.3) is 0 Å². The molecular formula is C13H18ClNO4S2. The van der Waals surface area contributed by atoms with Crippen molar-refractivity contribution < 1.29 is 16.8 Å². The number of sulfonamides is 1. The molecule has 1 aromatic rings. The number of benzene rings is 1. The first-order valence-corrected chi connectivity index (χ1v) is 10.5. The van der Waals surface area contributed by atoms with Crippen LogP contribution in [0.5, 0.6) is 0 Å². The predicted molar refractivity (Wildman–Crippen MR) is 83.4 cm³/mol. The van der Waals surface area contributed by atoms with Crippen molar-refractivity contribution in [3.63, 3.8) is 0 Å². The van der Waals surface area contributed by atoms with Gasteiger partial charge in [0.1, 0.15) is 0 Å². The summed E-state index contributed by atoms with van der Waals surface area (Å²) in [6.45, 7) is 1.66. The Bertz CT molecular complexity index is 698. The first kappa shape index (κ1) is 16.7. The summed E-state index contributed by atoms with van der Waals surface area (Å²) in [6, 6.07) is 6.54. The van der Waals surface area contributed by atoms with Crippen molar-refractivity contribution in [3.8, 4) is 0 Å². The highest BCUT2D eigenvalue weighted by atomic mass is 35.5. The molecule has 1 atom stereocenters. The molecule has 0 aromatic heterocycles. The topological polar surface area (TPSA) is 71.5 Å². The summed E-state index contributed by atoms with van der Waals surface area (Å²) in [5, 5.41) is 0. The first-order valence-electron chi connectivity index (χ1n) is 6.57. The number of alkyl halides is 1. The normalized spacial score (nSPS) is 23.0. The molecule has 1 heterocycles. The predicted octanol–water partition coefficient (Wildman–Crippen LogP) is 1.37. The highest BCUT2D eigenvalue weighted by molar-refractivity contribution is 7.92. The number of sulfone groups is 1. The summed E-state index contributed by atoms with van der Waals surface area (Å²) in [4.78, 5) is 0. The molecule has 8 heteroatoms. The van der Waals surface area contributed by atoms with E-state index in [4.69, 9.17) is 11.6 Å². The average molecular weight is 352 g/mol. The molecule has 21 heavy (non-hydrogen) atoms. The molecule has 5 nitrogen and oxygen atoms in total. The molecule has 0 aliphatic carbocycles. The van der Waals surface area contributed by atoms with Gasteiger partial charge < -0.3 is 0 Å². The number of rotatable bonds is 4. The summed E-state index contributed by atoms with van der Waals surface area (Å²) in [5.74, 6) is 0.0349. The zero-order chi connectivity index (χ0) is 15.7. The summed E-state index contributed by atoms with van der Waals surface area (Å²) in [5.41, 5.74) is 1.60. The second-order valence-electron chi connectivity index (χ2n) is 5.28. The molecule has 1 saturated heterocycles. The van der Waals surface area contributed by atoms with Crippen LogP contribution in [0, 0.1) is 0 Å². The lowest BCUT2D eigenvalue weighted by Gasteiger charge is -2.32. The molecule has 0 saturated carbocycles. The van der Waals surface area contributed by atoms with Gasteiger partial charge in [-0.05, 0) is 18.1 Å². The molecule has 2 rings (SSSR count). The quantitative estimate of drug-likeness (QED) is 0.768. The molecule has 1 fully saturated rings. The minimum atomic E-state index is -3.52. The summed E-state index contributed by atoms with van der Waals surface area (Å²) in [6.07, 6.45) is 0. The van der Waals surface area contributed by atoms with Gasteiger partial charge in [0.25, 0.3) is 0 Å². The van der Waals surface area contributed by atoms with Crippen LogP contribution in [-0.4, -0.2) is 45.2 Å². The third kappa shape index (κ3) is 4.18. The van der Waals surface area contributed by atoms with Gasteiger partial charge in [-0.2, -0.15) is 4.31 Å². The lowest BCUT2D eigenvalue weighted by molar-refractivity contribution is 0.356. The van der Waals surface area contributed by atoms with Crippen LogP contribution >= 0.6 is 11.6 Å². The van der Waals surface area contributed by atoms with Crippen LogP contribution < -0.4 is 0 Å². The Hall–Kier alpha value is -0.630. The van der Waals surface area contributed by atoms with E-state index in [1.54, 1.807) is 31.2 Å². The van der Waals surface area contributed by atoms with Crippen LogP contribution in [0.1, 0.15) is 18.1 Å². The maximum Gasteiger partial charge on any atom is 0.218 e. The maximum atomic E-state index is 12.4. The Morgan fingerprint density at radius 2 is 1.81 bits per heavy atom. The van der Waals surface area contributed by atoms with Crippen molar-refractivity contribution in [1.29, 1.82) is 0 Å². The van der Waals surface area contributed by atoms with Crippen LogP contribution in [0.2, 0.25) is 0 Å². The second-order valence-corrected chi connectivity index (χ2v) is 9.70. The Labute approximate surface area is 130 Å². The molecule has 0 spiro atoms. The number of nitrogens with zero attached hydrogens (tertiary/aromatic N) is 1. The summed E-state index contributed by atoms with van der Waals surface area (Å²) < 4.78 is 49.2. The van der Waals surface area contributed by atoms with Crippen molar-refractivity contribution in [2.75, 3.05) is 18.1 Å². The SMILES string of the molecule is CC1CS(=O)(=O)CCN1S(=O)(=O)Cc1ccc(CCl)cc1. The van der Waals surface area contributed by atoms with Crippen molar-refractivity contribution in [1.82, 2.24) is 4.31 Å². The van der Waals surface area contributed by atoms with Gasteiger partial charge in [0.15, 0.2) is 9.84 Å². The van der Waals surface area contributed by atoms with E-state index in [1.165, 1.54) is 4.31 Å². The number of hydrogen-bond acceptors (Lipinski definition) is 4. The minimum absolute atomic E-state index is 0.0333. The Morgan fingerprint density at radius 3 is 2.33 bits per heavy atom. The van der Waals surface area contributed by atoms with Crippen LogP contribution in [-0.2, 0) is 31.5 Å². The van der Waals surface area contributed by atoms with Crippen molar-refractivity contribution >= 4 is 31.5 Å². The molecule has 0 bridgehead atoms. The van der Waals surface area contributed by atoms with Gasteiger partial charge in [-0.3, -0.25) is 0 Å². The summed E-state index contributed by atoms with van der Waals surface area (Å²) >= 11 is 5.70. The van der Waals surface area contributed by atoms with Crippen molar-refractivity contribution in [3.05, 3.63) is 35.4 Å². The lowest BCUT2D eigenvalue weighted by Crippen LogP contribution is -2.49. The van der Waals surface area contributed by atoms with E-state index < -0.39 is 25.9 Å². The monoisotopic (exact) mass is 351 g/mol. The zero-order valence-electron chi connectivity index (χ0n) is 11.7. The van der Waals surface area contributed by atoms with Gasteiger partial charge in [0.05, 0.1) is 17.3 Å². The zero-order valence-corrected chi connectivity index (χ0v) is 14.1. The Balaban J connectivity index is 2.14. The van der Waals surface area contributed by atoms with Crippen LogP contribution in [0.4, 0.5) is 0 Å². The van der Waals surface area contributed by atoms with Gasteiger partial charge in [0, 0.05) is 18.5 Å². The first-order chi connectivity index (χ1) is 9.73. The fourth-order valence-corrected chi connectivity index (χ4v) is 6.13. The smallest absolute Gasteiger partial charge is 0.218 e. The van der Waals surface area contributed by atoms with Crippen molar-refractivity contribution in [2.45, 2.75) is 24.6 Å². The van der Waals surface area contributed by atoms with Gasteiger partial charge in [-0.15, -0.1) is 11.6 Å². The molecule has 118 valence electrons. The molecule has 1 aliphatic rings. The Kier molecular flexibility index (Phi) is 4.97. The molecular weight excluding hydrogens is 334 g/mol. The third-order valence-electron chi connectivity index (χ3n) is 3.49. The van der Waals surface area contributed by atoms with E-state index in [1.807, 2.05) is 0 Å². The summed E-state index contributed by atoms with van der Waals surface area (Å²) in [7, 11) is -6.65. The molecule has 0 amide bonds. The van der Waals surface area contributed by atoms with Gasteiger partial charge >= 0.3 is 0 Å². The van der Waals surface area contributed by atoms with Gasteiger partial charge in [0.2, 0.25) is 10.0 Å². The molecule has 1 unspecified atom stereocenters. The number of halogens is 1. The third-order valence-corrected chi connectivity index (χ3v) is 7.55. The van der Waals surface area contributed by atoms with Gasteiger partial charge in [-0.25, -0.2) is 16.8 Å². The fraction of sp³-hybridized carbons (Fsp3) is 0.538. The van der Waals surface area contributed by atoms with Crippen molar-refractivity contribution in [2.24, 2.45) is 0 Å². The maximum absolute atomic E-state index is 12.4. The second kappa shape index (κ2) is 6.24. The Morgan fingerprint density at radius 1 is 1.24 bits per heavy atom. The highest BCUT2D eigenvalue weighted by Gasteiger charge is 2.35. The lowest BCUT2D eigenvalue weighted by atomic mass is 10.2. The molecule has 1 aliphatic heterocycles. The molecule has 0 N–H and O–H groups in total. The largest absolute Gasteiger partial charge is 0.229 e. The van der Waals surface area contributed by atoms with E-state index >= 15 is 0 Å².